The van der Waals surface area contributed by atoms with Crippen molar-refractivity contribution in [1.82, 2.24) is 0 Å². The average molecular weight is 2350 g/mol. The molecule has 4 rings (SSSR count). The van der Waals surface area contributed by atoms with Gasteiger partial charge in [-0.15, -0.1) is 0 Å². The molecule has 12 nitrogen and oxygen atoms in total. The normalized spacial score (nSPS) is 12.0. The zero-order valence-corrected chi connectivity index (χ0v) is 86.5. The van der Waals surface area contributed by atoms with Gasteiger partial charge in [0.25, 0.3) is 0 Å². The highest BCUT2D eigenvalue weighted by molar-refractivity contribution is 5.71. The number of hydrogen-bond acceptors (Lipinski definition) is 4. The highest BCUT2D eigenvalue weighted by Crippen LogP contribution is 2.22. The van der Waals surface area contributed by atoms with Crippen LogP contribution in [-0.2, 0) is 0 Å². The third-order valence-corrected chi connectivity index (χ3v) is 18.7. The Kier molecular flexibility index (Phi) is 69.6. The fraction of sp³-hybridized carbons (Fsp3) is 0.667. The lowest BCUT2D eigenvalue weighted by molar-refractivity contribution is -0.937. The molecule has 0 unspecified atom stereocenters. The summed E-state index contributed by atoms with van der Waals surface area (Å²) in [5.74, 6) is 3.83. The highest BCUT2D eigenvalue weighted by atomic mass is 127. The summed E-state index contributed by atoms with van der Waals surface area (Å²) in [7, 11) is 46.3. The first kappa shape index (κ1) is 116. The van der Waals surface area contributed by atoms with Gasteiger partial charge in [0.15, 0.2) is 0 Å². The first-order chi connectivity index (χ1) is 45.0. The minimum Gasteiger partial charge on any atom is -1.00 e. The number of unbranched alkanes of at least 4 members (excludes halogenated alkanes) is 16. The molecule has 0 aliphatic rings. The number of likely N-dealkylation sites (N-methyl/N-ethyl adjacent to an activating group) is 8. The number of rotatable bonds is 52. The van der Waals surface area contributed by atoms with Crippen molar-refractivity contribution in [3.8, 4) is 23.0 Å². The standard InChI is InChI=1S/C44H80N4O2.C40H72N4O2.8HI/c1-45(2,3)35-37-47(7,8)33-19-15-11-13-17-21-39-49-43-29-25-41(26-30-43)23-24-42-27-31-44(32-28-42)50-40-22-18-14-12-16-20-34-48(9,10)38-36-46(4,5)6;1-41(2,3)31-33-43(7,8)29-15-11-13-17-35-45-39-25-21-37(22-26-39)19-20-38-23-27-40(28-24-38)46-36-18-14-12-16-30-44(9,10)34-32-42(4,5)6;;;;;;;;/h23-32H,11-22,33-40H2,1-10H3;19-28H,11-18,29-36H2,1-10H3;8*1H/q2*+4;;;;;;;;/p-8/b24-23+;20-19+;;;;;;;;. The Hall–Kier alpha value is 1.08. The SMILES string of the molecule is C[N+](C)(C)CC[N+](C)(C)CCCCCCCCOc1ccc(/C=C/c2ccc(OCCCCCCCC[N+](C)(C)CC[N+](C)(C)C)cc2)cc1.C[N+](C)(C)CC[N+](C)(C)CCCCCCOc1ccc(/C=C/c2ccc(OCCCCCC[N+](C)(C)CC[N+](C)(C)C)cc2)cc1.[I-].[I-].[I-].[I-].[I-].[I-].[I-].[I-]. The molecule has 0 heterocycles. The quantitative estimate of drug-likeness (QED) is 0.0191. The molecule has 0 atom stereocenters. The summed E-state index contributed by atoms with van der Waals surface area (Å²) in [4.78, 5) is 0. The molecule has 0 N–H and O–H groups in total. The Balaban J connectivity index is -0.000000430. The average Bonchev–Trinajstić information content (AvgIpc) is 0.868. The van der Waals surface area contributed by atoms with Crippen LogP contribution in [0.3, 0.4) is 0 Å². The molecule has 0 fully saturated rings. The first-order valence-electron chi connectivity index (χ1n) is 37.8. The zero-order chi connectivity index (χ0) is 71.0. The van der Waals surface area contributed by atoms with Gasteiger partial charge in [0.2, 0.25) is 0 Å². The topological polar surface area (TPSA) is 36.9 Å². The molecule has 0 spiro atoms. The second kappa shape index (κ2) is 62.4. The van der Waals surface area contributed by atoms with Crippen LogP contribution in [0.4, 0.5) is 0 Å². The molecule has 0 aliphatic heterocycles. The van der Waals surface area contributed by atoms with Crippen molar-refractivity contribution in [2.45, 2.75) is 128 Å². The van der Waals surface area contributed by atoms with E-state index in [1.807, 2.05) is 0 Å². The van der Waals surface area contributed by atoms with Crippen LogP contribution in [0.5, 0.6) is 23.0 Å². The van der Waals surface area contributed by atoms with Gasteiger partial charge in [-0.1, -0.05) is 111 Å². The predicted molar refractivity (Wildman–Crippen MR) is 417 cm³/mol. The lowest BCUT2D eigenvalue weighted by Crippen LogP contribution is -3.00. The summed E-state index contributed by atoms with van der Waals surface area (Å²) < 4.78 is 32.7. The maximum Gasteiger partial charge on any atom is 0.128 e. The molecule has 20 heteroatoms. The molecule has 0 saturated carbocycles. The molecular formula is C84H152I8N8O4. The van der Waals surface area contributed by atoms with Crippen molar-refractivity contribution in [3.05, 3.63) is 119 Å². The van der Waals surface area contributed by atoms with Crippen LogP contribution in [0, 0.1) is 0 Å². The number of halogens is 8. The van der Waals surface area contributed by atoms with Crippen LogP contribution in [0.2, 0.25) is 0 Å². The van der Waals surface area contributed by atoms with Crippen LogP contribution < -0.4 is 211 Å². The third-order valence-electron chi connectivity index (χ3n) is 18.7. The molecule has 0 saturated heterocycles. The largest absolute Gasteiger partial charge is 1.00 e. The molecule has 4 aromatic carbocycles. The summed E-state index contributed by atoms with van der Waals surface area (Å²) in [5, 5.41) is 0. The first-order valence-corrected chi connectivity index (χ1v) is 37.8. The van der Waals surface area contributed by atoms with Gasteiger partial charge in [-0.25, -0.2) is 0 Å². The van der Waals surface area contributed by atoms with Crippen molar-refractivity contribution >= 4 is 24.3 Å². The molecule has 4 aromatic rings. The van der Waals surface area contributed by atoms with E-state index in [1.165, 1.54) is 204 Å². The van der Waals surface area contributed by atoms with Crippen molar-refractivity contribution < 1.29 is 247 Å². The maximum absolute atomic E-state index is 6.02. The van der Waals surface area contributed by atoms with E-state index in [4.69, 9.17) is 18.9 Å². The van der Waals surface area contributed by atoms with Crippen LogP contribution in [0.25, 0.3) is 24.3 Å². The van der Waals surface area contributed by atoms with Gasteiger partial charge in [-0.05, 0) is 161 Å². The number of quaternary nitrogens is 8. The second-order valence-electron chi connectivity index (χ2n) is 35.0. The Labute approximate surface area is 777 Å². The monoisotopic (exact) mass is 2350 g/mol. The molecular weight excluding hydrogens is 2200 g/mol. The Morgan fingerprint density at radius 3 is 0.481 bits per heavy atom. The van der Waals surface area contributed by atoms with Crippen molar-refractivity contribution in [3.63, 3.8) is 0 Å². The lowest BCUT2D eigenvalue weighted by atomic mass is 10.1. The zero-order valence-electron chi connectivity index (χ0n) is 69.2. The van der Waals surface area contributed by atoms with E-state index < -0.39 is 0 Å². The Morgan fingerprint density at radius 2 is 0.327 bits per heavy atom. The number of benzene rings is 4. The molecule has 0 amide bonds. The number of nitrogens with zero attached hydrogens (tertiary/aromatic N) is 8. The molecule has 104 heavy (non-hydrogen) atoms. The van der Waals surface area contributed by atoms with E-state index in [1.54, 1.807) is 0 Å². The molecule has 0 aromatic heterocycles. The number of hydrogen-bond donors (Lipinski definition) is 0. The van der Waals surface area contributed by atoms with Crippen molar-refractivity contribution in [2.24, 2.45) is 0 Å². The summed E-state index contributed by atoms with van der Waals surface area (Å²) in [5.41, 5.74) is 4.71. The van der Waals surface area contributed by atoms with Gasteiger partial charge in [-0.3, -0.25) is 0 Å². The van der Waals surface area contributed by atoms with E-state index in [-0.39, 0.29) is 192 Å². The van der Waals surface area contributed by atoms with Gasteiger partial charge in [0.1, 0.15) is 75.4 Å². The van der Waals surface area contributed by atoms with Crippen LogP contribution in [-0.4, -0.2) is 282 Å². The van der Waals surface area contributed by atoms with Gasteiger partial charge < -0.3 is 247 Å². The van der Waals surface area contributed by atoms with E-state index in [0.717, 1.165) is 111 Å². The summed E-state index contributed by atoms with van der Waals surface area (Å²) >= 11 is 0. The molecule has 0 aliphatic carbocycles. The van der Waals surface area contributed by atoms with Gasteiger partial charge in [-0.2, -0.15) is 0 Å². The summed E-state index contributed by atoms with van der Waals surface area (Å²) in [6.07, 6.45) is 33.9. The lowest BCUT2D eigenvalue weighted by Gasteiger charge is -2.33. The third kappa shape index (κ3) is 66.5. The van der Waals surface area contributed by atoms with Crippen LogP contribution in [0.1, 0.15) is 151 Å². The van der Waals surface area contributed by atoms with Gasteiger partial charge in [0, 0.05) is 0 Å². The van der Waals surface area contributed by atoms with Crippen LogP contribution >= 0.6 is 0 Å². The molecule has 0 bridgehead atoms. The minimum absolute atomic E-state index is 0. The van der Waals surface area contributed by atoms with E-state index >= 15 is 0 Å². The van der Waals surface area contributed by atoms with E-state index in [9.17, 15) is 0 Å². The minimum atomic E-state index is 0. The van der Waals surface area contributed by atoms with E-state index in [0.29, 0.717) is 0 Å². The highest BCUT2D eigenvalue weighted by Gasteiger charge is 2.23. The summed E-state index contributed by atoms with van der Waals surface area (Å²) in [6.45, 7) is 18.1. The second-order valence-corrected chi connectivity index (χ2v) is 35.0. The van der Waals surface area contributed by atoms with E-state index in [2.05, 4.69) is 262 Å². The fourth-order valence-corrected chi connectivity index (χ4v) is 11.3. The fourth-order valence-electron chi connectivity index (χ4n) is 11.3. The van der Waals surface area contributed by atoms with Gasteiger partial charge in [0.05, 0.1) is 194 Å². The van der Waals surface area contributed by atoms with Crippen LogP contribution in [0.15, 0.2) is 97.1 Å². The Bertz CT molecular complexity index is 2510. The molecule has 608 valence electrons. The molecule has 0 radical (unpaired) electrons. The van der Waals surface area contributed by atoms with Gasteiger partial charge >= 0.3 is 0 Å². The van der Waals surface area contributed by atoms with Crippen molar-refractivity contribution in [2.75, 3.05) is 246 Å². The summed E-state index contributed by atoms with van der Waals surface area (Å²) in [6, 6.07) is 33.7. The smallest absolute Gasteiger partial charge is 0.128 e. The van der Waals surface area contributed by atoms with Crippen molar-refractivity contribution in [1.29, 1.82) is 0 Å². The Morgan fingerprint density at radius 1 is 0.183 bits per heavy atom. The predicted octanol–water partition coefficient (Wildman–Crippen LogP) is -7.81. The number of ether oxygens (including phenoxy) is 4. The maximum atomic E-state index is 6.02.